The number of rotatable bonds is 2. The van der Waals surface area contributed by atoms with Crippen LogP contribution in [0.25, 0.3) is 10.9 Å². The molecule has 0 fully saturated rings. The molecule has 0 aliphatic heterocycles. The molecular formula is C14H12N2S. The van der Waals surface area contributed by atoms with E-state index in [0.29, 0.717) is 0 Å². The van der Waals surface area contributed by atoms with Crippen molar-refractivity contribution < 1.29 is 0 Å². The van der Waals surface area contributed by atoms with Crippen LogP contribution in [-0.2, 0) is 0 Å². The molecule has 0 aliphatic carbocycles. The fraction of sp³-hybridized carbons (Fsp3) is 0. The van der Waals surface area contributed by atoms with E-state index in [-0.39, 0.29) is 0 Å². The number of fused-ring (bicyclic) bond motifs is 1. The van der Waals surface area contributed by atoms with Crippen LogP contribution >= 0.6 is 11.8 Å². The molecule has 0 aliphatic rings. The summed E-state index contributed by atoms with van der Waals surface area (Å²) in [5.74, 6) is 0. The Labute approximate surface area is 104 Å². The first kappa shape index (κ1) is 10.3. The van der Waals surface area contributed by atoms with Crippen molar-refractivity contribution in [3.05, 3.63) is 54.7 Å². The van der Waals surface area contributed by atoms with Crippen LogP contribution in [0.2, 0.25) is 0 Å². The number of anilines is 1. The molecule has 1 aromatic heterocycles. The molecule has 0 amide bonds. The van der Waals surface area contributed by atoms with Gasteiger partial charge in [-0.05, 0) is 30.3 Å². The van der Waals surface area contributed by atoms with Crippen LogP contribution in [0.5, 0.6) is 0 Å². The quantitative estimate of drug-likeness (QED) is 0.667. The van der Waals surface area contributed by atoms with E-state index in [9.17, 15) is 0 Å². The number of benzene rings is 2. The topological polar surface area (TPSA) is 41.8 Å². The fourth-order valence-corrected chi connectivity index (χ4v) is 2.72. The van der Waals surface area contributed by atoms with Gasteiger partial charge in [0.2, 0.25) is 0 Å². The summed E-state index contributed by atoms with van der Waals surface area (Å²) in [5, 5.41) is 1.26. The molecule has 3 aromatic rings. The predicted molar refractivity (Wildman–Crippen MR) is 73.3 cm³/mol. The maximum Gasteiger partial charge on any atom is 0.0465 e. The maximum absolute atomic E-state index is 5.68. The first-order chi connectivity index (χ1) is 8.33. The van der Waals surface area contributed by atoms with Crippen molar-refractivity contribution >= 4 is 28.4 Å². The van der Waals surface area contributed by atoms with Crippen LogP contribution in [0.1, 0.15) is 0 Å². The highest BCUT2D eigenvalue weighted by molar-refractivity contribution is 7.99. The minimum atomic E-state index is 0.799. The number of nitrogen functional groups attached to an aromatic ring is 1. The third-order valence-electron chi connectivity index (χ3n) is 2.66. The van der Waals surface area contributed by atoms with Crippen molar-refractivity contribution in [2.75, 3.05) is 5.73 Å². The third-order valence-corrected chi connectivity index (χ3v) is 3.72. The van der Waals surface area contributed by atoms with Crippen molar-refractivity contribution in [3.63, 3.8) is 0 Å². The Bertz CT molecular complexity index is 641. The molecule has 0 radical (unpaired) electrons. The Morgan fingerprint density at radius 1 is 0.941 bits per heavy atom. The van der Waals surface area contributed by atoms with Crippen molar-refractivity contribution in [1.29, 1.82) is 0 Å². The van der Waals surface area contributed by atoms with E-state index in [2.05, 4.69) is 23.2 Å². The van der Waals surface area contributed by atoms with Crippen molar-refractivity contribution in [2.24, 2.45) is 0 Å². The van der Waals surface area contributed by atoms with Gasteiger partial charge in [-0.2, -0.15) is 0 Å². The minimum absolute atomic E-state index is 0.799. The van der Waals surface area contributed by atoms with Crippen molar-refractivity contribution in [1.82, 2.24) is 4.98 Å². The average Bonchev–Trinajstić information content (AvgIpc) is 2.76. The molecule has 17 heavy (non-hydrogen) atoms. The summed E-state index contributed by atoms with van der Waals surface area (Å²) in [7, 11) is 0. The van der Waals surface area contributed by atoms with Gasteiger partial charge in [0.05, 0.1) is 0 Å². The van der Waals surface area contributed by atoms with Gasteiger partial charge in [-0.15, -0.1) is 0 Å². The van der Waals surface area contributed by atoms with Crippen LogP contribution in [0, 0.1) is 0 Å². The van der Waals surface area contributed by atoms with E-state index in [1.165, 1.54) is 20.7 Å². The van der Waals surface area contributed by atoms with Gasteiger partial charge < -0.3 is 10.7 Å². The Hall–Kier alpha value is -1.87. The zero-order valence-corrected chi connectivity index (χ0v) is 10.00. The van der Waals surface area contributed by atoms with E-state index >= 15 is 0 Å². The number of nitrogens with two attached hydrogens (primary N) is 1. The van der Waals surface area contributed by atoms with Crippen LogP contribution in [0.4, 0.5) is 5.69 Å². The molecule has 0 saturated carbocycles. The Balaban J connectivity index is 1.97. The lowest BCUT2D eigenvalue weighted by molar-refractivity contribution is 1.39. The molecule has 2 aromatic carbocycles. The summed E-state index contributed by atoms with van der Waals surface area (Å²) < 4.78 is 0. The van der Waals surface area contributed by atoms with E-state index in [1.807, 2.05) is 36.5 Å². The molecule has 3 heteroatoms. The molecule has 0 spiro atoms. The molecule has 1 heterocycles. The van der Waals surface area contributed by atoms with Gasteiger partial charge in [0.25, 0.3) is 0 Å². The number of hydrogen-bond acceptors (Lipinski definition) is 2. The fourth-order valence-electron chi connectivity index (χ4n) is 1.79. The zero-order chi connectivity index (χ0) is 11.7. The van der Waals surface area contributed by atoms with E-state index in [0.717, 1.165) is 5.69 Å². The zero-order valence-electron chi connectivity index (χ0n) is 9.18. The average molecular weight is 240 g/mol. The smallest absolute Gasteiger partial charge is 0.0465 e. The number of aromatic nitrogens is 1. The second kappa shape index (κ2) is 4.18. The van der Waals surface area contributed by atoms with Gasteiger partial charge >= 0.3 is 0 Å². The monoisotopic (exact) mass is 240 g/mol. The standard InChI is InChI=1S/C14H12N2S/c15-10-5-7-11(8-6-10)17-14-9-16-13-4-2-1-3-12(13)14/h1-9,16H,15H2. The van der Waals surface area contributed by atoms with Crippen LogP contribution in [-0.4, -0.2) is 4.98 Å². The number of aromatic amines is 1. The molecule has 2 nitrogen and oxygen atoms in total. The molecule has 0 bridgehead atoms. The van der Waals surface area contributed by atoms with Gasteiger partial charge in [0, 0.05) is 32.6 Å². The maximum atomic E-state index is 5.68. The largest absolute Gasteiger partial charge is 0.399 e. The summed E-state index contributed by atoms with van der Waals surface area (Å²) >= 11 is 1.75. The first-order valence-electron chi connectivity index (χ1n) is 5.42. The Kier molecular flexibility index (Phi) is 2.53. The van der Waals surface area contributed by atoms with Crippen LogP contribution in [0.15, 0.2) is 64.5 Å². The predicted octanol–water partition coefficient (Wildman–Crippen LogP) is 3.90. The summed E-state index contributed by atoms with van der Waals surface area (Å²) in [6.45, 7) is 0. The summed E-state index contributed by atoms with van der Waals surface area (Å²) in [4.78, 5) is 5.71. The highest BCUT2D eigenvalue weighted by Gasteiger charge is 2.04. The van der Waals surface area contributed by atoms with Crippen LogP contribution in [0.3, 0.4) is 0 Å². The number of H-pyrrole nitrogens is 1. The third kappa shape index (κ3) is 2.01. The molecule has 3 rings (SSSR count). The number of nitrogens with one attached hydrogen (secondary N) is 1. The van der Waals surface area contributed by atoms with Crippen molar-refractivity contribution in [2.45, 2.75) is 9.79 Å². The van der Waals surface area contributed by atoms with Crippen LogP contribution < -0.4 is 5.73 Å². The van der Waals surface area contributed by atoms with Gasteiger partial charge in [-0.1, -0.05) is 30.0 Å². The summed E-state index contributed by atoms with van der Waals surface area (Å²) in [6, 6.07) is 16.3. The molecule has 0 atom stereocenters. The van der Waals surface area contributed by atoms with Gasteiger partial charge in [0.15, 0.2) is 0 Å². The number of hydrogen-bond donors (Lipinski definition) is 2. The van der Waals surface area contributed by atoms with Gasteiger partial charge in [-0.3, -0.25) is 0 Å². The van der Waals surface area contributed by atoms with E-state index in [1.54, 1.807) is 11.8 Å². The lowest BCUT2D eigenvalue weighted by Crippen LogP contribution is -1.82. The molecular weight excluding hydrogens is 228 g/mol. The van der Waals surface area contributed by atoms with E-state index < -0.39 is 0 Å². The Morgan fingerprint density at radius 2 is 1.71 bits per heavy atom. The first-order valence-corrected chi connectivity index (χ1v) is 6.24. The van der Waals surface area contributed by atoms with Gasteiger partial charge in [0.1, 0.15) is 0 Å². The molecule has 0 saturated heterocycles. The van der Waals surface area contributed by atoms with Crippen molar-refractivity contribution in [3.8, 4) is 0 Å². The normalized spacial score (nSPS) is 10.8. The van der Waals surface area contributed by atoms with Gasteiger partial charge in [-0.25, -0.2) is 0 Å². The highest BCUT2D eigenvalue weighted by Crippen LogP contribution is 2.33. The Morgan fingerprint density at radius 3 is 2.53 bits per heavy atom. The lowest BCUT2D eigenvalue weighted by Gasteiger charge is -2.00. The molecule has 3 N–H and O–H groups in total. The SMILES string of the molecule is Nc1ccc(Sc2c[nH]c3ccccc23)cc1. The highest BCUT2D eigenvalue weighted by atomic mass is 32.2. The molecule has 84 valence electrons. The summed E-state index contributed by atoms with van der Waals surface area (Å²) in [6.07, 6.45) is 2.05. The number of para-hydroxylation sites is 1. The second-order valence-corrected chi connectivity index (χ2v) is 4.98. The molecule has 0 unspecified atom stereocenters. The minimum Gasteiger partial charge on any atom is -0.399 e. The summed E-state index contributed by atoms with van der Waals surface area (Å²) in [5.41, 5.74) is 7.65. The second-order valence-electron chi connectivity index (χ2n) is 3.87. The lowest BCUT2D eigenvalue weighted by atomic mass is 10.2. The van der Waals surface area contributed by atoms with E-state index in [4.69, 9.17) is 5.73 Å².